The van der Waals surface area contributed by atoms with E-state index in [1.807, 2.05) is 42.5 Å². The summed E-state index contributed by atoms with van der Waals surface area (Å²) in [5, 5.41) is 22.9. The number of carboxylic acid groups (broad SMARTS) is 1. The molecule has 3 N–H and O–H groups in total. The number of rotatable bonds is 5. The monoisotopic (exact) mass is 311 g/mol. The van der Waals surface area contributed by atoms with E-state index in [4.69, 9.17) is 5.11 Å². The van der Waals surface area contributed by atoms with Crippen LogP contribution >= 0.6 is 0 Å². The predicted molar refractivity (Wildman–Crippen MR) is 88.5 cm³/mol. The molecule has 1 aliphatic rings. The van der Waals surface area contributed by atoms with Crippen LogP contribution in [0.1, 0.15) is 40.4 Å². The summed E-state index contributed by atoms with van der Waals surface area (Å²) in [5.74, 6) is -0.901. The Morgan fingerprint density at radius 3 is 2.43 bits per heavy atom. The van der Waals surface area contributed by atoms with Gasteiger partial charge in [0.05, 0.1) is 11.7 Å². The van der Waals surface area contributed by atoms with E-state index in [2.05, 4.69) is 5.32 Å². The van der Waals surface area contributed by atoms with Gasteiger partial charge in [0.25, 0.3) is 0 Å². The molecule has 0 spiro atoms. The summed E-state index contributed by atoms with van der Waals surface area (Å²) in [6, 6.07) is 17.1. The van der Waals surface area contributed by atoms with E-state index in [-0.39, 0.29) is 6.04 Å². The molecule has 120 valence electrons. The Labute approximate surface area is 135 Å². The van der Waals surface area contributed by atoms with Gasteiger partial charge in [-0.1, -0.05) is 42.5 Å². The second-order valence-corrected chi connectivity index (χ2v) is 6.11. The van der Waals surface area contributed by atoms with Crippen LogP contribution in [0.4, 0.5) is 0 Å². The molecule has 4 nitrogen and oxygen atoms in total. The van der Waals surface area contributed by atoms with Crippen LogP contribution in [-0.4, -0.2) is 28.3 Å². The number of hydrogen-bond donors (Lipinski definition) is 3. The minimum absolute atomic E-state index is 0.0701. The summed E-state index contributed by atoms with van der Waals surface area (Å²) >= 11 is 0. The van der Waals surface area contributed by atoms with Crippen molar-refractivity contribution in [3.05, 3.63) is 71.3 Å². The van der Waals surface area contributed by atoms with Crippen molar-refractivity contribution < 1.29 is 15.0 Å². The summed E-state index contributed by atoms with van der Waals surface area (Å²) in [6.07, 6.45) is 2.30. The van der Waals surface area contributed by atoms with Gasteiger partial charge in [0.15, 0.2) is 0 Å². The number of benzene rings is 2. The minimum Gasteiger partial charge on any atom is -0.478 e. The van der Waals surface area contributed by atoms with Crippen molar-refractivity contribution in [3.63, 3.8) is 0 Å². The molecule has 2 aromatic carbocycles. The molecular weight excluding hydrogens is 290 g/mol. The van der Waals surface area contributed by atoms with Gasteiger partial charge < -0.3 is 15.5 Å². The molecule has 0 amide bonds. The van der Waals surface area contributed by atoms with Crippen LogP contribution in [0.15, 0.2) is 54.6 Å². The Morgan fingerprint density at radius 2 is 1.78 bits per heavy atom. The number of hydrogen-bond acceptors (Lipinski definition) is 3. The molecule has 1 saturated heterocycles. The zero-order chi connectivity index (χ0) is 16.2. The first kappa shape index (κ1) is 15.7. The normalized spacial score (nSPS) is 22.0. The van der Waals surface area contributed by atoms with Crippen LogP contribution in [-0.2, 0) is 6.42 Å². The average Bonchev–Trinajstić information content (AvgIpc) is 3.04. The molecule has 1 unspecified atom stereocenters. The summed E-state index contributed by atoms with van der Waals surface area (Å²) in [7, 11) is 0. The highest BCUT2D eigenvalue weighted by Gasteiger charge is 2.29. The lowest BCUT2D eigenvalue weighted by molar-refractivity contribution is 0.0697. The smallest absolute Gasteiger partial charge is 0.335 e. The largest absolute Gasteiger partial charge is 0.478 e. The maximum atomic E-state index is 10.9. The lowest BCUT2D eigenvalue weighted by atomic mass is 10.0. The van der Waals surface area contributed by atoms with Gasteiger partial charge in [-0.05, 0) is 42.5 Å². The van der Waals surface area contributed by atoms with Gasteiger partial charge in [-0.15, -0.1) is 0 Å². The molecule has 0 aliphatic carbocycles. The standard InChI is InChI=1S/C19H21NO3/c21-18(14-4-2-1-3-5-14)17-11-10-16(20-17)12-13-6-8-15(9-7-13)19(22)23/h1-9,16-18,20-21H,10-12H2,(H,22,23)/t16-,17+,18?/m0/s1. The van der Waals surface area contributed by atoms with Gasteiger partial charge in [-0.2, -0.15) is 0 Å². The lowest BCUT2D eigenvalue weighted by Crippen LogP contribution is -2.35. The molecule has 3 atom stereocenters. The van der Waals surface area contributed by atoms with E-state index < -0.39 is 12.1 Å². The molecule has 1 fully saturated rings. The minimum atomic E-state index is -0.901. The second kappa shape index (κ2) is 6.94. The van der Waals surface area contributed by atoms with Gasteiger partial charge in [-0.25, -0.2) is 4.79 Å². The van der Waals surface area contributed by atoms with Crippen molar-refractivity contribution in [3.8, 4) is 0 Å². The highest BCUT2D eigenvalue weighted by Crippen LogP contribution is 2.26. The van der Waals surface area contributed by atoms with E-state index in [9.17, 15) is 9.90 Å². The van der Waals surface area contributed by atoms with Crippen molar-refractivity contribution in [1.29, 1.82) is 0 Å². The number of aliphatic hydroxyl groups excluding tert-OH is 1. The number of carbonyl (C=O) groups is 1. The van der Waals surface area contributed by atoms with Crippen molar-refractivity contribution in [2.24, 2.45) is 0 Å². The van der Waals surface area contributed by atoms with Crippen LogP contribution in [0.25, 0.3) is 0 Å². The van der Waals surface area contributed by atoms with Gasteiger partial charge in [0, 0.05) is 12.1 Å². The number of nitrogens with one attached hydrogen (secondary N) is 1. The number of aromatic carboxylic acids is 1. The zero-order valence-electron chi connectivity index (χ0n) is 12.9. The Morgan fingerprint density at radius 1 is 1.09 bits per heavy atom. The fraction of sp³-hybridized carbons (Fsp3) is 0.316. The van der Waals surface area contributed by atoms with E-state index in [1.54, 1.807) is 12.1 Å². The molecule has 0 saturated carbocycles. The third kappa shape index (κ3) is 3.78. The molecular formula is C19H21NO3. The topological polar surface area (TPSA) is 69.6 Å². The first-order chi connectivity index (χ1) is 11.1. The first-order valence-electron chi connectivity index (χ1n) is 7.95. The summed E-state index contributed by atoms with van der Waals surface area (Å²) < 4.78 is 0. The van der Waals surface area contributed by atoms with Crippen LogP contribution in [0.3, 0.4) is 0 Å². The third-order valence-corrected chi connectivity index (χ3v) is 4.48. The highest BCUT2D eigenvalue weighted by atomic mass is 16.4. The second-order valence-electron chi connectivity index (χ2n) is 6.11. The molecule has 3 rings (SSSR count). The highest BCUT2D eigenvalue weighted by molar-refractivity contribution is 5.87. The van der Waals surface area contributed by atoms with Crippen LogP contribution in [0.5, 0.6) is 0 Å². The first-order valence-corrected chi connectivity index (χ1v) is 7.95. The van der Waals surface area contributed by atoms with Crippen molar-refractivity contribution in [1.82, 2.24) is 5.32 Å². The molecule has 23 heavy (non-hydrogen) atoms. The summed E-state index contributed by atoms with van der Waals surface area (Å²) in [6.45, 7) is 0. The fourth-order valence-electron chi connectivity index (χ4n) is 3.21. The SMILES string of the molecule is O=C(O)c1ccc(C[C@@H]2CC[C@H](C(O)c3ccccc3)N2)cc1. The maximum Gasteiger partial charge on any atom is 0.335 e. The number of aliphatic hydroxyl groups is 1. The van der Waals surface area contributed by atoms with Crippen molar-refractivity contribution in [2.45, 2.75) is 37.5 Å². The van der Waals surface area contributed by atoms with Gasteiger partial charge in [-0.3, -0.25) is 0 Å². The predicted octanol–water partition coefficient (Wildman–Crippen LogP) is 2.78. The molecule has 0 aromatic heterocycles. The Bertz CT molecular complexity index is 654. The van der Waals surface area contributed by atoms with Crippen molar-refractivity contribution >= 4 is 5.97 Å². The molecule has 4 heteroatoms. The molecule has 1 heterocycles. The lowest BCUT2D eigenvalue weighted by Gasteiger charge is -2.20. The van der Waals surface area contributed by atoms with Crippen molar-refractivity contribution in [2.75, 3.05) is 0 Å². The Balaban J connectivity index is 1.58. The van der Waals surface area contributed by atoms with Gasteiger partial charge >= 0.3 is 5.97 Å². The zero-order valence-corrected chi connectivity index (χ0v) is 12.9. The van der Waals surface area contributed by atoms with E-state index in [1.165, 1.54) is 0 Å². The molecule has 1 aliphatic heterocycles. The fourth-order valence-corrected chi connectivity index (χ4v) is 3.21. The van der Waals surface area contributed by atoms with Gasteiger partial charge in [0.2, 0.25) is 0 Å². The van der Waals surface area contributed by atoms with E-state index >= 15 is 0 Å². The molecule has 0 bridgehead atoms. The maximum absolute atomic E-state index is 10.9. The van der Waals surface area contributed by atoms with E-state index in [0.29, 0.717) is 11.6 Å². The summed E-state index contributed by atoms with van der Waals surface area (Å²) in [4.78, 5) is 10.9. The van der Waals surface area contributed by atoms with Crippen LogP contribution < -0.4 is 5.32 Å². The average molecular weight is 311 g/mol. The van der Waals surface area contributed by atoms with Crippen LogP contribution in [0, 0.1) is 0 Å². The van der Waals surface area contributed by atoms with E-state index in [0.717, 1.165) is 30.4 Å². The summed E-state index contributed by atoms with van der Waals surface area (Å²) in [5.41, 5.74) is 2.37. The van der Waals surface area contributed by atoms with Crippen LogP contribution in [0.2, 0.25) is 0 Å². The Hall–Kier alpha value is -2.17. The van der Waals surface area contributed by atoms with Gasteiger partial charge in [0.1, 0.15) is 0 Å². The quantitative estimate of drug-likeness (QED) is 0.794. The Kier molecular flexibility index (Phi) is 4.74. The molecule has 2 aromatic rings. The third-order valence-electron chi connectivity index (χ3n) is 4.48. The molecule has 0 radical (unpaired) electrons. The number of carboxylic acids is 1.